The van der Waals surface area contributed by atoms with E-state index in [1.807, 2.05) is 6.07 Å². The molecule has 28 heavy (non-hydrogen) atoms. The van der Waals surface area contributed by atoms with Gasteiger partial charge in [0, 0.05) is 18.3 Å². The van der Waals surface area contributed by atoms with E-state index in [1.54, 1.807) is 36.4 Å². The second-order valence-electron chi connectivity index (χ2n) is 5.89. The third-order valence-corrected chi connectivity index (χ3v) is 4.03. The molecule has 0 aliphatic heterocycles. The lowest BCUT2D eigenvalue weighted by Crippen LogP contribution is -2.29. The molecule has 0 aliphatic carbocycles. The molecule has 3 aromatic rings. The van der Waals surface area contributed by atoms with E-state index in [0.29, 0.717) is 11.3 Å². The zero-order valence-electron chi connectivity index (χ0n) is 14.5. The van der Waals surface area contributed by atoms with Gasteiger partial charge in [0.05, 0.1) is 22.7 Å². The summed E-state index contributed by atoms with van der Waals surface area (Å²) in [6.07, 6.45) is 1.50. The van der Waals surface area contributed by atoms with Gasteiger partial charge < -0.3 is 9.88 Å². The van der Waals surface area contributed by atoms with Crippen molar-refractivity contribution in [3.63, 3.8) is 0 Å². The van der Waals surface area contributed by atoms with Gasteiger partial charge in [-0.15, -0.1) is 0 Å². The van der Waals surface area contributed by atoms with E-state index in [0.717, 1.165) is 0 Å². The second kappa shape index (κ2) is 7.97. The molecule has 1 amide bonds. The number of non-ortho nitro benzene ring substituents is 1. The summed E-state index contributed by atoms with van der Waals surface area (Å²) in [5.74, 6) is -0.638. The minimum atomic E-state index is -0.638. The SMILES string of the molecule is N#Cc1ccccc1NC(=O)c1cccn(Cc2cccc([N+](=O)[O-])c2)c1=O. The Labute approximate surface area is 159 Å². The normalized spacial score (nSPS) is 10.1. The summed E-state index contributed by atoms with van der Waals surface area (Å²) in [4.78, 5) is 35.6. The number of nitro benzene ring substituents is 1. The van der Waals surface area contributed by atoms with Gasteiger partial charge in [0.25, 0.3) is 17.2 Å². The van der Waals surface area contributed by atoms with Crippen LogP contribution in [-0.4, -0.2) is 15.4 Å². The van der Waals surface area contributed by atoms with Crippen molar-refractivity contribution in [2.45, 2.75) is 6.54 Å². The molecule has 1 heterocycles. The number of para-hydroxylation sites is 1. The average molecular weight is 374 g/mol. The van der Waals surface area contributed by atoms with Crippen molar-refractivity contribution in [3.05, 3.63) is 104 Å². The number of benzene rings is 2. The Morgan fingerprint density at radius 2 is 1.93 bits per heavy atom. The molecular weight excluding hydrogens is 360 g/mol. The van der Waals surface area contributed by atoms with E-state index in [9.17, 15) is 19.7 Å². The van der Waals surface area contributed by atoms with E-state index < -0.39 is 16.4 Å². The van der Waals surface area contributed by atoms with Crippen molar-refractivity contribution >= 4 is 17.3 Å². The molecule has 0 aliphatic rings. The summed E-state index contributed by atoms with van der Waals surface area (Å²) in [5, 5.41) is 22.6. The molecule has 1 N–H and O–H groups in total. The van der Waals surface area contributed by atoms with E-state index in [1.165, 1.54) is 35.0 Å². The van der Waals surface area contributed by atoms with Crippen LogP contribution in [0.3, 0.4) is 0 Å². The summed E-state index contributed by atoms with van der Waals surface area (Å²) in [6, 6.07) is 17.3. The monoisotopic (exact) mass is 374 g/mol. The Morgan fingerprint density at radius 3 is 2.68 bits per heavy atom. The Kier molecular flexibility index (Phi) is 5.28. The highest BCUT2D eigenvalue weighted by Crippen LogP contribution is 2.15. The smallest absolute Gasteiger partial charge is 0.269 e. The molecule has 0 atom stereocenters. The van der Waals surface area contributed by atoms with Crippen molar-refractivity contribution in [2.24, 2.45) is 0 Å². The van der Waals surface area contributed by atoms with Gasteiger partial charge in [0.2, 0.25) is 0 Å². The molecule has 0 unspecified atom stereocenters. The minimum Gasteiger partial charge on any atom is -0.321 e. The number of nitrogens with zero attached hydrogens (tertiary/aromatic N) is 3. The molecule has 138 valence electrons. The van der Waals surface area contributed by atoms with Crippen molar-refractivity contribution in [1.29, 1.82) is 5.26 Å². The predicted octanol–water partition coefficient (Wildman–Crippen LogP) is 2.93. The fourth-order valence-electron chi connectivity index (χ4n) is 2.68. The van der Waals surface area contributed by atoms with Crippen LogP contribution in [0.25, 0.3) is 0 Å². The maximum Gasteiger partial charge on any atom is 0.269 e. The molecule has 0 radical (unpaired) electrons. The number of hydrogen-bond acceptors (Lipinski definition) is 5. The quantitative estimate of drug-likeness (QED) is 0.544. The average Bonchev–Trinajstić information content (AvgIpc) is 2.70. The first-order valence-corrected chi connectivity index (χ1v) is 8.23. The van der Waals surface area contributed by atoms with Gasteiger partial charge in [-0.25, -0.2) is 0 Å². The van der Waals surface area contributed by atoms with Crippen LogP contribution in [0, 0.1) is 21.4 Å². The Morgan fingerprint density at radius 1 is 1.14 bits per heavy atom. The van der Waals surface area contributed by atoms with Crippen LogP contribution < -0.4 is 10.9 Å². The van der Waals surface area contributed by atoms with Crippen LogP contribution in [0.5, 0.6) is 0 Å². The number of hydrogen-bond donors (Lipinski definition) is 1. The number of nitro groups is 1. The molecule has 1 aromatic heterocycles. The molecule has 0 saturated carbocycles. The number of carbonyl (C=O) groups is 1. The fraction of sp³-hybridized carbons (Fsp3) is 0.0500. The topological polar surface area (TPSA) is 118 Å². The first-order chi connectivity index (χ1) is 13.5. The molecule has 2 aromatic carbocycles. The van der Waals surface area contributed by atoms with Gasteiger partial charge >= 0.3 is 0 Å². The Balaban J connectivity index is 1.88. The van der Waals surface area contributed by atoms with Crippen molar-refractivity contribution < 1.29 is 9.72 Å². The number of amides is 1. The molecular formula is C20H14N4O4. The molecule has 8 nitrogen and oxygen atoms in total. The predicted molar refractivity (Wildman–Crippen MR) is 102 cm³/mol. The number of carbonyl (C=O) groups excluding carboxylic acids is 1. The standard InChI is InChI=1S/C20H14N4O4/c21-12-15-6-1-2-9-18(15)22-19(25)17-8-4-10-23(20(17)26)13-14-5-3-7-16(11-14)24(27)28/h1-11H,13H2,(H,22,25). The fourth-order valence-corrected chi connectivity index (χ4v) is 2.68. The van der Waals surface area contributed by atoms with Crippen LogP contribution >= 0.6 is 0 Å². The molecule has 0 spiro atoms. The highest BCUT2D eigenvalue weighted by atomic mass is 16.6. The second-order valence-corrected chi connectivity index (χ2v) is 5.89. The number of aromatic nitrogens is 1. The molecule has 0 bridgehead atoms. The van der Waals surface area contributed by atoms with Crippen LogP contribution in [0.1, 0.15) is 21.5 Å². The Bertz CT molecular complexity index is 1160. The van der Waals surface area contributed by atoms with Gasteiger partial charge in [0.15, 0.2) is 0 Å². The third kappa shape index (κ3) is 3.94. The summed E-state index contributed by atoms with van der Waals surface area (Å²) < 4.78 is 1.30. The van der Waals surface area contributed by atoms with Crippen LogP contribution in [0.4, 0.5) is 11.4 Å². The first kappa shape index (κ1) is 18.5. The summed E-state index contributed by atoms with van der Waals surface area (Å²) in [5.41, 5.74) is 0.435. The van der Waals surface area contributed by atoms with Crippen molar-refractivity contribution in [2.75, 3.05) is 5.32 Å². The number of anilines is 1. The summed E-state index contributed by atoms with van der Waals surface area (Å²) in [7, 11) is 0. The zero-order chi connectivity index (χ0) is 20.1. The number of nitrogens with one attached hydrogen (secondary N) is 1. The number of nitriles is 1. The van der Waals surface area contributed by atoms with Gasteiger partial charge in [-0.05, 0) is 29.8 Å². The van der Waals surface area contributed by atoms with E-state index >= 15 is 0 Å². The lowest BCUT2D eigenvalue weighted by Gasteiger charge is -2.10. The van der Waals surface area contributed by atoms with Gasteiger partial charge in [-0.1, -0.05) is 24.3 Å². The van der Waals surface area contributed by atoms with E-state index in [2.05, 4.69) is 5.32 Å². The maximum atomic E-state index is 12.7. The highest BCUT2D eigenvalue weighted by molar-refractivity contribution is 6.04. The lowest BCUT2D eigenvalue weighted by atomic mass is 10.1. The molecule has 0 fully saturated rings. The van der Waals surface area contributed by atoms with E-state index in [-0.39, 0.29) is 23.4 Å². The number of rotatable bonds is 5. The maximum absolute atomic E-state index is 12.7. The summed E-state index contributed by atoms with van der Waals surface area (Å²) >= 11 is 0. The van der Waals surface area contributed by atoms with Gasteiger partial charge in [-0.3, -0.25) is 19.7 Å². The molecule has 8 heteroatoms. The van der Waals surface area contributed by atoms with Gasteiger partial charge in [0.1, 0.15) is 11.6 Å². The summed E-state index contributed by atoms with van der Waals surface area (Å²) in [6.45, 7) is 0.0798. The third-order valence-electron chi connectivity index (χ3n) is 4.03. The molecule has 3 rings (SSSR count). The highest BCUT2D eigenvalue weighted by Gasteiger charge is 2.14. The van der Waals surface area contributed by atoms with Crippen LogP contribution in [0.15, 0.2) is 71.7 Å². The largest absolute Gasteiger partial charge is 0.321 e. The van der Waals surface area contributed by atoms with Crippen molar-refractivity contribution in [3.8, 4) is 6.07 Å². The zero-order valence-corrected chi connectivity index (χ0v) is 14.5. The number of pyridine rings is 1. The van der Waals surface area contributed by atoms with Crippen LogP contribution in [-0.2, 0) is 6.54 Å². The van der Waals surface area contributed by atoms with Gasteiger partial charge in [-0.2, -0.15) is 5.26 Å². The lowest BCUT2D eigenvalue weighted by molar-refractivity contribution is -0.384. The minimum absolute atomic E-state index is 0.0763. The van der Waals surface area contributed by atoms with Crippen LogP contribution in [0.2, 0.25) is 0 Å². The van der Waals surface area contributed by atoms with E-state index in [4.69, 9.17) is 5.26 Å². The Hall–Kier alpha value is -4.25. The van der Waals surface area contributed by atoms with Crippen molar-refractivity contribution in [1.82, 2.24) is 4.57 Å². The molecule has 0 saturated heterocycles. The first-order valence-electron chi connectivity index (χ1n) is 8.23.